The van der Waals surface area contributed by atoms with Crippen molar-refractivity contribution >= 4 is 57.9 Å². The first-order valence-corrected chi connectivity index (χ1v) is 12.0. The highest BCUT2D eigenvalue weighted by Crippen LogP contribution is 2.35. The second kappa shape index (κ2) is 9.99. The number of nitro groups is 1. The van der Waals surface area contributed by atoms with E-state index in [0.717, 1.165) is 4.90 Å². The fraction of sp³-hybridized carbons (Fsp3) is 0.125. The van der Waals surface area contributed by atoms with E-state index >= 15 is 0 Å². The number of imide groups is 1. The van der Waals surface area contributed by atoms with Gasteiger partial charge in [0.05, 0.1) is 9.83 Å². The zero-order chi connectivity index (χ0) is 26.1. The van der Waals surface area contributed by atoms with E-state index < -0.39 is 28.5 Å². The molecule has 13 heteroatoms. The zero-order valence-electron chi connectivity index (χ0n) is 18.8. The standard InChI is InChI=1S/C24H16ClN3O8S/c25-16-4-1-13(9-17(16)28(32)33)18-6-3-15(36-18)11-21-23(30)27(24(31)37-21)12-22(29)26-14-2-5-19-20(10-14)35-8-7-34-19/h1-6,9-11H,7-8,12H2,(H,26,29)/b21-11+. The van der Waals surface area contributed by atoms with Crippen LogP contribution in [-0.4, -0.2) is 46.6 Å². The van der Waals surface area contributed by atoms with E-state index in [0.29, 0.717) is 53.5 Å². The quantitative estimate of drug-likeness (QED) is 0.260. The van der Waals surface area contributed by atoms with Gasteiger partial charge in [-0.25, -0.2) is 0 Å². The van der Waals surface area contributed by atoms with E-state index in [-0.39, 0.29) is 21.4 Å². The molecule has 2 aromatic carbocycles. The minimum absolute atomic E-state index is 0.00721. The van der Waals surface area contributed by atoms with Crippen LogP contribution < -0.4 is 14.8 Å². The van der Waals surface area contributed by atoms with Crippen molar-refractivity contribution in [1.82, 2.24) is 4.90 Å². The van der Waals surface area contributed by atoms with Crippen LogP contribution in [0.1, 0.15) is 5.76 Å². The molecule has 2 aliphatic rings. The molecule has 1 saturated heterocycles. The molecule has 0 radical (unpaired) electrons. The Hall–Kier alpha value is -4.29. The van der Waals surface area contributed by atoms with E-state index in [2.05, 4.69) is 5.32 Å². The Morgan fingerprint density at radius 2 is 1.89 bits per heavy atom. The molecule has 3 heterocycles. The van der Waals surface area contributed by atoms with Crippen LogP contribution in [-0.2, 0) is 9.59 Å². The monoisotopic (exact) mass is 541 g/mol. The van der Waals surface area contributed by atoms with E-state index in [1.807, 2.05) is 0 Å². The smallest absolute Gasteiger partial charge is 0.294 e. The number of carbonyl (C=O) groups is 3. The molecule has 0 atom stereocenters. The van der Waals surface area contributed by atoms with Crippen molar-refractivity contribution in [1.29, 1.82) is 0 Å². The second-order valence-electron chi connectivity index (χ2n) is 7.80. The van der Waals surface area contributed by atoms with Crippen LogP contribution in [0, 0.1) is 10.1 Å². The van der Waals surface area contributed by atoms with Crippen LogP contribution in [0.25, 0.3) is 17.4 Å². The fourth-order valence-corrected chi connectivity index (χ4v) is 4.63. The molecule has 2 aliphatic heterocycles. The molecule has 3 amide bonds. The summed E-state index contributed by atoms with van der Waals surface area (Å²) in [6, 6.07) is 12.2. The molecule has 0 spiro atoms. The van der Waals surface area contributed by atoms with Crippen LogP contribution >= 0.6 is 23.4 Å². The maximum atomic E-state index is 12.8. The van der Waals surface area contributed by atoms with Gasteiger partial charge < -0.3 is 19.2 Å². The summed E-state index contributed by atoms with van der Waals surface area (Å²) >= 11 is 6.52. The van der Waals surface area contributed by atoms with Crippen molar-refractivity contribution in [2.24, 2.45) is 0 Å². The number of nitrogens with zero attached hydrogens (tertiary/aromatic N) is 2. The van der Waals surface area contributed by atoms with Crippen molar-refractivity contribution in [2.45, 2.75) is 0 Å². The predicted molar refractivity (Wildman–Crippen MR) is 135 cm³/mol. The normalized spacial score (nSPS) is 15.8. The Bertz CT molecular complexity index is 1480. The Balaban J connectivity index is 1.26. The number of carbonyl (C=O) groups excluding carboxylic acids is 3. The number of halogens is 1. The van der Waals surface area contributed by atoms with Gasteiger partial charge in [-0.05, 0) is 48.2 Å². The topological polar surface area (TPSA) is 141 Å². The molecule has 0 saturated carbocycles. The number of nitrogens with one attached hydrogen (secondary N) is 1. The minimum Gasteiger partial charge on any atom is -0.486 e. The van der Waals surface area contributed by atoms with Crippen LogP contribution in [0.3, 0.4) is 0 Å². The van der Waals surface area contributed by atoms with Gasteiger partial charge in [-0.1, -0.05) is 11.6 Å². The molecule has 0 bridgehead atoms. The third-order valence-corrected chi connectivity index (χ3v) is 6.56. The Morgan fingerprint density at radius 3 is 2.68 bits per heavy atom. The lowest BCUT2D eigenvalue weighted by molar-refractivity contribution is -0.384. The molecule has 11 nitrogen and oxygen atoms in total. The average Bonchev–Trinajstić information content (AvgIpc) is 3.44. The summed E-state index contributed by atoms with van der Waals surface area (Å²) in [5, 5.41) is 13.2. The molecular formula is C24H16ClN3O8S. The molecule has 1 fully saturated rings. The zero-order valence-corrected chi connectivity index (χ0v) is 20.3. The van der Waals surface area contributed by atoms with Crippen LogP contribution in [0.15, 0.2) is 57.9 Å². The van der Waals surface area contributed by atoms with Gasteiger partial charge in [-0.3, -0.25) is 29.4 Å². The highest BCUT2D eigenvalue weighted by atomic mass is 35.5. The fourth-order valence-electron chi connectivity index (χ4n) is 3.62. The maximum absolute atomic E-state index is 12.8. The highest BCUT2D eigenvalue weighted by molar-refractivity contribution is 8.18. The van der Waals surface area contributed by atoms with Crippen molar-refractivity contribution in [3.05, 3.63) is 74.3 Å². The first-order chi connectivity index (χ1) is 17.8. The van der Waals surface area contributed by atoms with E-state index in [1.54, 1.807) is 36.4 Å². The first-order valence-electron chi connectivity index (χ1n) is 10.8. The second-order valence-corrected chi connectivity index (χ2v) is 9.20. The molecule has 5 rings (SSSR count). The lowest BCUT2D eigenvalue weighted by atomic mass is 10.1. The van der Waals surface area contributed by atoms with Gasteiger partial charge in [0.1, 0.15) is 36.3 Å². The number of ether oxygens (including phenoxy) is 2. The maximum Gasteiger partial charge on any atom is 0.294 e. The summed E-state index contributed by atoms with van der Waals surface area (Å²) in [6.07, 6.45) is 1.37. The first kappa shape index (κ1) is 24.4. The summed E-state index contributed by atoms with van der Waals surface area (Å²) in [5.41, 5.74) is 0.578. The number of thioether (sulfide) groups is 1. The summed E-state index contributed by atoms with van der Waals surface area (Å²) in [6.45, 7) is 0.354. The minimum atomic E-state index is -0.646. The van der Waals surface area contributed by atoms with Crippen LogP contribution in [0.4, 0.5) is 16.2 Å². The highest BCUT2D eigenvalue weighted by Gasteiger charge is 2.36. The number of hydrogen-bond acceptors (Lipinski definition) is 9. The Morgan fingerprint density at radius 1 is 1.11 bits per heavy atom. The number of furan rings is 1. The Labute approximate surface area is 218 Å². The average molecular weight is 542 g/mol. The summed E-state index contributed by atoms with van der Waals surface area (Å²) < 4.78 is 16.6. The molecule has 0 unspecified atom stereocenters. The Kier molecular flexibility index (Phi) is 6.59. The van der Waals surface area contributed by atoms with E-state index in [4.69, 9.17) is 25.5 Å². The van der Waals surface area contributed by atoms with Gasteiger partial charge in [-0.15, -0.1) is 0 Å². The number of hydrogen-bond donors (Lipinski definition) is 1. The summed E-state index contributed by atoms with van der Waals surface area (Å²) in [5.74, 6) is 0.403. The van der Waals surface area contributed by atoms with E-state index in [1.165, 1.54) is 18.2 Å². The third kappa shape index (κ3) is 5.15. The SMILES string of the molecule is O=C(CN1C(=O)S/C(=C/c2ccc(-c3ccc(Cl)c([N+](=O)[O-])c3)o2)C1=O)Nc1ccc2c(c1)OCCO2. The predicted octanol–water partition coefficient (Wildman–Crippen LogP) is 4.95. The van der Waals surface area contributed by atoms with Crippen molar-refractivity contribution in [2.75, 3.05) is 25.1 Å². The number of benzene rings is 2. The molecule has 1 N–H and O–H groups in total. The number of rotatable bonds is 6. The van der Waals surface area contributed by atoms with Crippen molar-refractivity contribution in [3.8, 4) is 22.8 Å². The summed E-state index contributed by atoms with van der Waals surface area (Å²) in [7, 11) is 0. The third-order valence-electron chi connectivity index (χ3n) is 5.33. The molecule has 188 valence electrons. The number of amides is 3. The molecule has 3 aromatic rings. The number of anilines is 1. The van der Waals surface area contributed by atoms with Gasteiger partial charge in [0.15, 0.2) is 11.5 Å². The number of nitro benzene ring substituents is 1. The van der Waals surface area contributed by atoms with Crippen LogP contribution in [0.2, 0.25) is 5.02 Å². The molecule has 0 aliphatic carbocycles. The number of fused-ring (bicyclic) bond motifs is 1. The lowest BCUT2D eigenvalue weighted by Crippen LogP contribution is -2.36. The van der Waals surface area contributed by atoms with Crippen molar-refractivity contribution in [3.63, 3.8) is 0 Å². The van der Waals surface area contributed by atoms with Gasteiger partial charge in [0.25, 0.3) is 16.8 Å². The van der Waals surface area contributed by atoms with Gasteiger partial charge in [-0.2, -0.15) is 0 Å². The molecule has 1 aromatic heterocycles. The molecular weight excluding hydrogens is 526 g/mol. The van der Waals surface area contributed by atoms with Gasteiger partial charge in [0, 0.05) is 29.5 Å². The van der Waals surface area contributed by atoms with Crippen LogP contribution in [0.5, 0.6) is 11.5 Å². The van der Waals surface area contributed by atoms with Gasteiger partial charge >= 0.3 is 0 Å². The summed E-state index contributed by atoms with van der Waals surface area (Å²) in [4.78, 5) is 49.2. The van der Waals surface area contributed by atoms with Gasteiger partial charge in [0.2, 0.25) is 5.91 Å². The van der Waals surface area contributed by atoms with E-state index in [9.17, 15) is 24.5 Å². The lowest BCUT2D eigenvalue weighted by Gasteiger charge is -2.19. The largest absolute Gasteiger partial charge is 0.486 e. The van der Waals surface area contributed by atoms with Crippen molar-refractivity contribution < 1.29 is 33.2 Å². The molecule has 37 heavy (non-hydrogen) atoms.